The SMILES string of the molecule is N#Cc1nc(-c2ccco2)oc1N1CCC(C(=O)NNC(=O)C2COc3ccccc3O2)CC1. The Morgan fingerprint density at radius 3 is 2.56 bits per heavy atom. The minimum atomic E-state index is -0.865. The average molecular weight is 463 g/mol. The molecule has 1 fully saturated rings. The third kappa shape index (κ3) is 4.25. The van der Waals surface area contributed by atoms with E-state index in [1.807, 2.05) is 17.0 Å². The van der Waals surface area contributed by atoms with Gasteiger partial charge < -0.3 is 23.2 Å². The Morgan fingerprint density at radius 1 is 1.06 bits per heavy atom. The Kier molecular flexibility index (Phi) is 5.78. The molecule has 5 rings (SSSR count). The first kappa shape index (κ1) is 21.4. The first-order valence-electron chi connectivity index (χ1n) is 10.8. The maximum absolute atomic E-state index is 12.6. The predicted octanol–water partition coefficient (Wildman–Crippen LogP) is 2.01. The van der Waals surface area contributed by atoms with Crippen LogP contribution in [0.4, 0.5) is 5.88 Å². The maximum Gasteiger partial charge on any atom is 0.283 e. The molecule has 1 aromatic carbocycles. The third-order valence-electron chi connectivity index (χ3n) is 5.71. The lowest BCUT2D eigenvalue weighted by Gasteiger charge is -2.31. The van der Waals surface area contributed by atoms with Gasteiger partial charge in [0.2, 0.25) is 23.6 Å². The standard InChI is InChI=1S/C23H21N5O6/c24-12-15-23(34-22(25-15)18-6-3-11-31-18)28-9-7-14(8-10-28)20(29)26-27-21(30)19-13-32-16-4-1-2-5-17(16)33-19/h1-6,11,14,19H,7-10,13H2,(H,26,29)(H,27,30). The number of ether oxygens (including phenoxy) is 2. The Balaban J connectivity index is 1.13. The zero-order valence-corrected chi connectivity index (χ0v) is 18.0. The van der Waals surface area contributed by atoms with Gasteiger partial charge in [-0.15, -0.1) is 0 Å². The lowest BCUT2D eigenvalue weighted by Crippen LogP contribution is -2.53. The number of rotatable bonds is 4. The number of benzene rings is 1. The van der Waals surface area contributed by atoms with Crippen molar-refractivity contribution in [1.82, 2.24) is 15.8 Å². The third-order valence-corrected chi connectivity index (χ3v) is 5.71. The molecule has 2 N–H and O–H groups in total. The Bertz CT molecular complexity index is 1220. The maximum atomic E-state index is 12.6. The normalized spacial score (nSPS) is 17.6. The van der Waals surface area contributed by atoms with Crippen molar-refractivity contribution < 1.29 is 27.9 Å². The number of hydrogen-bond acceptors (Lipinski definition) is 9. The summed E-state index contributed by atoms with van der Waals surface area (Å²) in [7, 11) is 0. The number of carbonyl (C=O) groups excluding carboxylic acids is 2. The molecule has 2 aliphatic rings. The number of aromatic nitrogens is 1. The molecule has 0 aliphatic carbocycles. The second-order valence-electron chi connectivity index (χ2n) is 7.87. The van der Waals surface area contributed by atoms with E-state index in [1.54, 1.807) is 30.3 Å². The number of carbonyl (C=O) groups is 2. The van der Waals surface area contributed by atoms with Gasteiger partial charge >= 0.3 is 0 Å². The van der Waals surface area contributed by atoms with E-state index in [0.717, 1.165) is 0 Å². The van der Waals surface area contributed by atoms with Crippen LogP contribution in [0.25, 0.3) is 11.7 Å². The van der Waals surface area contributed by atoms with Crippen LogP contribution in [-0.4, -0.2) is 42.6 Å². The highest BCUT2D eigenvalue weighted by molar-refractivity contribution is 5.86. The molecule has 11 nitrogen and oxygen atoms in total. The monoisotopic (exact) mass is 463 g/mol. The quantitative estimate of drug-likeness (QED) is 0.555. The largest absolute Gasteiger partial charge is 0.485 e. The number of nitrogens with zero attached hydrogens (tertiary/aromatic N) is 3. The number of amides is 2. The molecule has 4 heterocycles. The number of furan rings is 1. The van der Waals surface area contributed by atoms with Crippen LogP contribution in [0, 0.1) is 17.2 Å². The van der Waals surface area contributed by atoms with Crippen LogP contribution in [0.15, 0.2) is 51.5 Å². The van der Waals surface area contributed by atoms with Crippen LogP contribution in [0.2, 0.25) is 0 Å². The van der Waals surface area contributed by atoms with Gasteiger partial charge in [0, 0.05) is 19.0 Å². The molecule has 1 unspecified atom stereocenters. The van der Waals surface area contributed by atoms with Crippen molar-refractivity contribution in [2.75, 3.05) is 24.6 Å². The molecule has 2 amide bonds. The van der Waals surface area contributed by atoms with Crippen molar-refractivity contribution in [3.63, 3.8) is 0 Å². The van der Waals surface area contributed by atoms with E-state index in [1.165, 1.54) is 6.26 Å². The predicted molar refractivity (Wildman–Crippen MR) is 116 cm³/mol. The minimum Gasteiger partial charge on any atom is -0.485 e. The molecule has 11 heteroatoms. The van der Waals surface area contributed by atoms with Crippen molar-refractivity contribution in [1.29, 1.82) is 5.26 Å². The summed E-state index contributed by atoms with van der Waals surface area (Å²) < 4.78 is 22.2. The van der Waals surface area contributed by atoms with Gasteiger partial charge in [-0.25, -0.2) is 0 Å². The molecule has 0 spiro atoms. The fourth-order valence-corrected chi connectivity index (χ4v) is 3.90. The van der Waals surface area contributed by atoms with E-state index in [4.69, 9.17) is 18.3 Å². The summed E-state index contributed by atoms with van der Waals surface area (Å²) in [5.41, 5.74) is 5.07. The van der Waals surface area contributed by atoms with E-state index in [0.29, 0.717) is 49.1 Å². The highest BCUT2D eigenvalue weighted by atomic mass is 16.6. The molecular weight excluding hydrogens is 442 g/mol. The molecule has 1 saturated heterocycles. The molecular formula is C23H21N5O6. The van der Waals surface area contributed by atoms with Crippen LogP contribution in [0.5, 0.6) is 11.5 Å². The van der Waals surface area contributed by atoms with Crippen LogP contribution in [0.3, 0.4) is 0 Å². The summed E-state index contributed by atoms with van der Waals surface area (Å²) >= 11 is 0. The number of anilines is 1. The molecule has 1 atom stereocenters. The molecule has 2 aromatic heterocycles. The highest BCUT2D eigenvalue weighted by Gasteiger charge is 2.31. The summed E-state index contributed by atoms with van der Waals surface area (Å²) in [5.74, 6) is 0.983. The van der Waals surface area contributed by atoms with Crippen molar-refractivity contribution in [2.45, 2.75) is 18.9 Å². The van der Waals surface area contributed by atoms with E-state index >= 15 is 0 Å². The summed E-state index contributed by atoms with van der Waals surface area (Å²) in [5, 5.41) is 9.43. The van der Waals surface area contributed by atoms with Gasteiger partial charge in [0.05, 0.1) is 6.26 Å². The van der Waals surface area contributed by atoms with E-state index in [2.05, 4.69) is 15.8 Å². The van der Waals surface area contributed by atoms with Gasteiger partial charge in [-0.2, -0.15) is 10.2 Å². The topological polar surface area (TPSA) is 143 Å². The molecule has 0 saturated carbocycles. The number of nitriles is 1. The van der Waals surface area contributed by atoms with Crippen LogP contribution < -0.4 is 25.2 Å². The van der Waals surface area contributed by atoms with E-state index in [-0.39, 0.29) is 30.0 Å². The molecule has 34 heavy (non-hydrogen) atoms. The fraction of sp³-hybridized carbons (Fsp3) is 0.304. The Hall–Kier alpha value is -4.46. The fourth-order valence-electron chi connectivity index (χ4n) is 3.90. The lowest BCUT2D eigenvalue weighted by molar-refractivity contribution is -0.136. The lowest BCUT2D eigenvalue weighted by atomic mass is 9.96. The van der Waals surface area contributed by atoms with Gasteiger partial charge in [-0.3, -0.25) is 20.4 Å². The molecule has 2 aliphatic heterocycles. The second-order valence-corrected chi connectivity index (χ2v) is 7.87. The first-order valence-corrected chi connectivity index (χ1v) is 10.8. The number of piperidine rings is 1. The molecule has 174 valence electrons. The minimum absolute atomic E-state index is 0.0511. The van der Waals surface area contributed by atoms with Crippen LogP contribution in [-0.2, 0) is 9.59 Å². The zero-order valence-electron chi connectivity index (χ0n) is 18.0. The number of hydrazine groups is 1. The smallest absolute Gasteiger partial charge is 0.283 e. The van der Waals surface area contributed by atoms with Crippen molar-refractivity contribution >= 4 is 17.7 Å². The number of oxazole rings is 1. The summed E-state index contributed by atoms with van der Waals surface area (Å²) in [4.78, 5) is 31.1. The van der Waals surface area contributed by atoms with Crippen LogP contribution >= 0.6 is 0 Å². The van der Waals surface area contributed by atoms with Gasteiger partial charge in [-0.1, -0.05) is 12.1 Å². The summed E-state index contributed by atoms with van der Waals surface area (Å²) in [6.07, 6.45) is 1.66. The molecule has 0 radical (unpaired) electrons. The Morgan fingerprint density at radius 2 is 1.82 bits per heavy atom. The van der Waals surface area contributed by atoms with Gasteiger partial charge in [0.1, 0.15) is 12.7 Å². The number of nitrogens with one attached hydrogen (secondary N) is 2. The van der Waals surface area contributed by atoms with Gasteiger partial charge in [-0.05, 0) is 37.1 Å². The second kappa shape index (κ2) is 9.19. The van der Waals surface area contributed by atoms with Gasteiger partial charge in [0.25, 0.3) is 11.8 Å². The summed E-state index contributed by atoms with van der Waals surface area (Å²) in [6.45, 7) is 1.03. The van der Waals surface area contributed by atoms with Crippen molar-refractivity contribution in [3.05, 3.63) is 48.4 Å². The van der Waals surface area contributed by atoms with E-state index < -0.39 is 12.0 Å². The molecule has 0 bridgehead atoms. The van der Waals surface area contributed by atoms with Crippen molar-refractivity contribution in [2.24, 2.45) is 5.92 Å². The first-order chi connectivity index (χ1) is 16.6. The zero-order chi connectivity index (χ0) is 23.5. The highest BCUT2D eigenvalue weighted by Crippen LogP contribution is 2.32. The Labute approximate surface area is 194 Å². The summed E-state index contributed by atoms with van der Waals surface area (Å²) in [6, 6.07) is 12.5. The van der Waals surface area contributed by atoms with Crippen LogP contribution in [0.1, 0.15) is 18.5 Å². The number of hydrogen-bond donors (Lipinski definition) is 2. The number of para-hydroxylation sites is 2. The van der Waals surface area contributed by atoms with E-state index in [9.17, 15) is 14.9 Å². The number of fused-ring (bicyclic) bond motifs is 1. The molecule has 3 aromatic rings. The van der Waals surface area contributed by atoms with Crippen molar-refractivity contribution in [3.8, 4) is 29.2 Å². The average Bonchev–Trinajstić information content (AvgIpc) is 3.57. The van der Waals surface area contributed by atoms with Gasteiger partial charge in [0.15, 0.2) is 17.3 Å².